The van der Waals surface area contributed by atoms with Crippen LogP contribution in [-0.2, 0) is 22.6 Å². The zero-order chi connectivity index (χ0) is 26.5. The van der Waals surface area contributed by atoms with E-state index in [-0.39, 0.29) is 20.2 Å². The van der Waals surface area contributed by atoms with Gasteiger partial charge in [0.2, 0.25) is 0 Å². The summed E-state index contributed by atoms with van der Waals surface area (Å²) in [4.78, 5) is 11.7. The third-order valence-corrected chi connectivity index (χ3v) is 9.09. The Balaban J connectivity index is 0.00000400. The van der Waals surface area contributed by atoms with Crippen molar-refractivity contribution >= 4 is 24.9 Å². The summed E-state index contributed by atoms with van der Waals surface area (Å²) in [5.74, 6) is 0.333. The molecule has 2 saturated heterocycles. The molecular weight excluding hydrogens is 496 g/mol. The van der Waals surface area contributed by atoms with Gasteiger partial charge in [0, 0.05) is 38.7 Å². The van der Waals surface area contributed by atoms with Crippen LogP contribution in [0.3, 0.4) is 0 Å². The largest absolute Gasteiger partial charge is 0.463 e. The Hall–Kier alpha value is -2.19. The third kappa shape index (κ3) is 7.26. The van der Waals surface area contributed by atoms with Crippen molar-refractivity contribution in [1.82, 2.24) is 19.4 Å². The SMILES string of the molecule is C.CCCCOc1nc(N)c2c(n1)c(CCCCCN1CC3(COC3)C1)c(C#N)n2COCC[Si](C)(C)C. The molecule has 2 aromatic rings. The quantitative estimate of drug-likeness (QED) is 0.245. The fourth-order valence-electron chi connectivity index (χ4n) is 5.16. The molecule has 0 aromatic carbocycles. The van der Waals surface area contributed by atoms with E-state index in [0.717, 1.165) is 75.4 Å². The normalized spacial score (nSPS) is 16.6. The second-order valence-corrected chi connectivity index (χ2v) is 17.6. The zero-order valence-corrected chi connectivity index (χ0v) is 24.1. The molecule has 2 fully saturated rings. The van der Waals surface area contributed by atoms with Crippen LogP contribution in [0.2, 0.25) is 25.7 Å². The molecular formula is C28H48N6O3Si. The van der Waals surface area contributed by atoms with Gasteiger partial charge in [0.15, 0.2) is 5.82 Å². The standard InChI is InChI=1S/C27H44N6O3Si.CH4/c1-5-6-12-36-26-30-23-21(10-8-7-9-11-32-16-27(17-32)18-35-19-27)22(15-28)33(24(23)25(29)31-26)20-34-13-14-37(2,3)4;/h5-14,16-20H2,1-4H3,(H2,29,30,31);1H4. The number of aromatic nitrogens is 3. The minimum atomic E-state index is -1.21. The number of hydrogen-bond acceptors (Lipinski definition) is 8. The summed E-state index contributed by atoms with van der Waals surface area (Å²) in [7, 11) is -1.21. The Kier molecular flexibility index (Phi) is 10.6. The Morgan fingerprint density at radius 2 is 1.87 bits per heavy atom. The van der Waals surface area contributed by atoms with Gasteiger partial charge in [0.25, 0.3) is 0 Å². The molecule has 0 radical (unpaired) electrons. The average molecular weight is 545 g/mol. The number of ether oxygens (including phenoxy) is 3. The van der Waals surface area contributed by atoms with Crippen molar-refractivity contribution in [1.29, 1.82) is 5.26 Å². The highest BCUT2D eigenvalue weighted by molar-refractivity contribution is 6.76. The van der Waals surface area contributed by atoms with Crippen molar-refractivity contribution in [3.63, 3.8) is 0 Å². The van der Waals surface area contributed by atoms with Gasteiger partial charge in [-0.05, 0) is 38.3 Å². The fourth-order valence-corrected chi connectivity index (χ4v) is 5.92. The molecule has 0 unspecified atom stereocenters. The van der Waals surface area contributed by atoms with E-state index in [0.29, 0.717) is 35.7 Å². The van der Waals surface area contributed by atoms with E-state index in [9.17, 15) is 5.26 Å². The number of nitrogen functional groups attached to an aromatic ring is 1. The van der Waals surface area contributed by atoms with Crippen LogP contribution >= 0.6 is 0 Å². The average Bonchev–Trinajstić information content (AvgIpc) is 3.09. The maximum atomic E-state index is 10.2. The Labute approximate surface area is 229 Å². The van der Waals surface area contributed by atoms with Crippen LogP contribution in [-0.4, -0.2) is 73.6 Å². The molecule has 4 heterocycles. The highest BCUT2D eigenvalue weighted by Crippen LogP contribution is 2.37. The summed E-state index contributed by atoms with van der Waals surface area (Å²) in [6.45, 7) is 15.9. The smallest absolute Gasteiger partial charge is 0.319 e. The van der Waals surface area contributed by atoms with E-state index in [1.165, 1.54) is 13.1 Å². The predicted octanol–water partition coefficient (Wildman–Crippen LogP) is 5.06. The van der Waals surface area contributed by atoms with E-state index in [4.69, 9.17) is 24.9 Å². The topological polar surface area (TPSA) is 111 Å². The Bertz CT molecular complexity index is 1090. The van der Waals surface area contributed by atoms with Crippen LogP contribution in [0.15, 0.2) is 0 Å². The van der Waals surface area contributed by atoms with Crippen molar-refractivity contribution in [2.75, 3.05) is 51.8 Å². The summed E-state index contributed by atoms with van der Waals surface area (Å²) in [5, 5.41) is 10.2. The molecule has 10 heteroatoms. The number of hydrogen-bond donors (Lipinski definition) is 1. The summed E-state index contributed by atoms with van der Waals surface area (Å²) in [6, 6.07) is 3.76. The monoisotopic (exact) mass is 544 g/mol. The first-order chi connectivity index (χ1) is 17.8. The van der Waals surface area contributed by atoms with Gasteiger partial charge < -0.3 is 29.4 Å². The molecule has 0 aliphatic carbocycles. The maximum Gasteiger partial charge on any atom is 0.319 e. The molecule has 0 saturated carbocycles. The number of rotatable bonds is 15. The molecule has 0 amide bonds. The van der Waals surface area contributed by atoms with Crippen LogP contribution < -0.4 is 10.5 Å². The number of unbranched alkanes of at least 4 members (excludes halogenated alkanes) is 3. The molecule has 2 aliphatic heterocycles. The molecule has 38 heavy (non-hydrogen) atoms. The summed E-state index contributed by atoms with van der Waals surface area (Å²) in [5.41, 5.74) is 9.78. The first-order valence-electron chi connectivity index (χ1n) is 13.8. The van der Waals surface area contributed by atoms with Gasteiger partial charge in [0.05, 0.1) is 19.8 Å². The highest BCUT2D eigenvalue weighted by Gasteiger charge is 2.48. The van der Waals surface area contributed by atoms with E-state index in [2.05, 4.69) is 42.5 Å². The zero-order valence-electron chi connectivity index (χ0n) is 23.1. The van der Waals surface area contributed by atoms with Gasteiger partial charge in [-0.2, -0.15) is 15.2 Å². The van der Waals surface area contributed by atoms with E-state index in [1.807, 2.05) is 4.57 Å². The summed E-state index contributed by atoms with van der Waals surface area (Å²) < 4.78 is 19.1. The molecule has 1 spiro atoms. The summed E-state index contributed by atoms with van der Waals surface area (Å²) in [6.07, 6.45) is 5.96. The molecule has 2 aromatic heterocycles. The van der Waals surface area contributed by atoms with Crippen molar-refractivity contribution < 1.29 is 14.2 Å². The van der Waals surface area contributed by atoms with Crippen molar-refractivity contribution in [3.8, 4) is 12.1 Å². The number of nitrogens with zero attached hydrogens (tertiary/aromatic N) is 5. The van der Waals surface area contributed by atoms with E-state index >= 15 is 0 Å². The predicted molar refractivity (Wildman–Crippen MR) is 155 cm³/mol. The first kappa shape index (κ1) is 30.3. The number of likely N-dealkylation sites (tertiary alicyclic amines) is 1. The second kappa shape index (κ2) is 13.2. The molecule has 2 aliphatic rings. The number of nitriles is 1. The van der Waals surface area contributed by atoms with Crippen LogP contribution in [0.1, 0.15) is 57.7 Å². The Morgan fingerprint density at radius 3 is 2.50 bits per heavy atom. The van der Waals surface area contributed by atoms with Gasteiger partial charge in [0.1, 0.15) is 29.5 Å². The van der Waals surface area contributed by atoms with Gasteiger partial charge >= 0.3 is 6.01 Å². The number of aryl methyl sites for hydroxylation is 1. The molecule has 2 N–H and O–H groups in total. The van der Waals surface area contributed by atoms with Gasteiger partial charge in [-0.3, -0.25) is 0 Å². The number of anilines is 1. The van der Waals surface area contributed by atoms with Crippen LogP contribution in [0.4, 0.5) is 5.82 Å². The van der Waals surface area contributed by atoms with E-state index in [1.54, 1.807) is 0 Å². The second-order valence-electron chi connectivity index (χ2n) is 12.0. The van der Waals surface area contributed by atoms with Crippen molar-refractivity contribution in [2.45, 2.75) is 85.3 Å². The lowest BCUT2D eigenvalue weighted by atomic mass is 9.78. The van der Waals surface area contributed by atoms with Crippen LogP contribution in [0.25, 0.3) is 11.0 Å². The molecule has 0 bridgehead atoms. The molecule has 9 nitrogen and oxygen atoms in total. The van der Waals surface area contributed by atoms with Crippen LogP contribution in [0, 0.1) is 16.7 Å². The molecule has 4 rings (SSSR count). The lowest BCUT2D eigenvalue weighted by Gasteiger charge is -2.55. The number of nitrogens with two attached hydrogens (primary N) is 1. The van der Waals surface area contributed by atoms with Gasteiger partial charge in [-0.25, -0.2) is 0 Å². The molecule has 0 atom stereocenters. The minimum absolute atomic E-state index is 0. The minimum Gasteiger partial charge on any atom is -0.463 e. The molecule has 212 valence electrons. The van der Waals surface area contributed by atoms with Gasteiger partial charge in [-0.15, -0.1) is 0 Å². The number of fused-ring (bicyclic) bond motifs is 1. The van der Waals surface area contributed by atoms with Crippen molar-refractivity contribution in [3.05, 3.63) is 11.3 Å². The van der Waals surface area contributed by atoms with E-state index < -0.39 is 8.07 Å². The lowest BCUT2D eigenvalue weighted by molar-refractivity contribution is -0.188. The van der Waals surface area contributed by atoms with Crippen LogP contribution in [0.5, 0.6) is 6.01 Å². The third-order valence-electron chi connectivity index (χ3n) is 7.39. The summed E-state index contributed by atoms with van der Waals surface area (Å²) >= 11 is 0. The van der Waals surface area contributed by atoms with Crippen molar-refractivity contribution in [2.24, 2.45) is 5.41 Å². The highest BCUT2D eigenvalue weighted by atomic mass is 28.3. The first-order valence-corrected chi connectivity index (χ1v) is 17.6. The Morgan fingerprint density at radius 1 is 1.11 bits per heavy atom. The maximum absolute atomic E-state index is 10.2. The lowest BCUT2D eigenvalue weighted by Crippen LogP contribution is -2.65. The van der Waals surface area contributed by atoms with Gasteiger partial charge in [-0.1, -0.05) is 46.8 Å². The fraction of sp³-hybridized carbons (Fsp3) is 0.750.